The molecule has 0 aliphatic carbocycles. The number of carbonyl (C=O) groups excluding carboxylic acids is 2. The highest BCUT2D eigenvalue weighted by Gasteiger charge is 2.23. The van der Waals surface area contributed by atoms with Gasteiger partial charge in [-0.3, -0.25) is 19.7 Å². The minimum Gasteiger partial charge on any atom is -0.392 e. The lowest BCUT2D eigenvalue weighted by Gasteiger charge is -2.08. The van der Waals surface area contributed by atoms with Crippen LogP contribution in [0.25, 0.3) is 0 Å². The summed E-state index contributed by atoms with van der Waals surface area (Å²) in [5, 5.41) is 15.3. The van der Waals surface area contributed by atoms with Crippen LogP contribution >= 0.6 is 0 Å². The second-order valence-corrected chi connectivity index (χ2v) is 3.79. The van der Waals surface area contributed by atoms with E-state index in [2.05, 4.69) is 10.6 Å². The zero-order valence-corrected chi connectivity index (χ0v) is 10.6. The van der Waals surface area contributed by atoms with Gasteiger partial charge in [-0.15, -0.1) is 0 Å². The molecule has 4 N–H and O–H groups in total. The molecule has 0 aliphatic rings. The molecule has 0 heterocycles. The van der Waals surface area contributed by atoms with E-state index in [9.17, 15) is 24.1 Å². The third-order valence-electron chi connectivity index (χ3n) is 2.51. The summed E-state index contributed by atoms with van der Waals surface area (Å²) in [5.41, 5.74) is 3.72. The topological polar surface area (TPSA) is 127 Å². The van der Waals surface area contributed by atoms with Gasteiger partial charge in [-0.25, -0.2) is 4.39 Å². The van der Waals surface area contributed by atoms with Crippen LogP contribution in [0.1, 0.15) is 16.8 Å². The standard InChI is InChI=1S/C11H13FN4O4/c1-14-8(17)4-5-15-11(18)9-6(12)2-3-7(10(9)13)16(19)20/h2-3H,4-5,13H2,1H3,(H,14,17)(H,15,18). The van der Waals surface area contributed by atoms with Crippen LogP contribution in [0.15, 0.2) is 12.1 Å². The molecule has 0 unspecified atom stereocenters. The van der Waals surface area contributed by atoms with E-state index in [-0.39, 0.29) is 18.9 Å². The molecule has 1 aromatic rings. The van der Waals surface area contributed by atoms with Gasteiger partial charge >= 0.3 is 0 Å². The SMILES string of the molecule is CNC(=O)CCNC(=O)c1c(F)ccc([N+](=O)[O-])c1N. The van der Waals surface area contributed by atoms with Gasteiger partial charge in [0.15, 0.2) is 0 Å². The number of hydrogen-bond donors (Lipinski definition) is 3. The number of nitro groups is 1. The number of nitrogens with one attached hydrogen (secondary N) is 2. The molecule has 0 saturated carbocycles. The Kier molecular flexibility index (Phi) is 4.95. The fourth-order valence-corrected chi connectivity index (χ4v) is 1.47. The number of benzene rings is 1. The maximum atomic E-state index is 13.6. The lowest BCUT2D eigenvalue weighted by Crippen LogP contribution is -2.30. The van der Waals surface area contributed by atoms with Crippen LogP contribution in [-0.4, -0.2) is 30.3 Å². The molecule has 2 amide bonds. The third kappa shape index (κ3) is 3.40. The number of halogens is 1. The lowest BCUT2D eigenvalue weighted by atomic mass is 10.1. The third-order valence-corrected chi connectivity index (χ3v) is 2.51. The summed E-state index contributed by atoms with van der Waals surface area (Å²) < 4.78 is 13.6. The van der Waals surface area contributed by atoms with Gasteiger partial charge in [0.1, 0.15) is 17.1 Å². The summed E-state index contributed by atoms with van der Waals surface area (Å²) in [7, 11) is 1.43. The van der Waals surface area contributed by atoms with Gasteiger partial charge in [-0.2, -0.15) is 0 Å². The first-order valence-corrected chi connectivity index (χ1v) is 5.59. The van der Waals surface area contributed by atoms with E-state index in [0.29, 0.717) is 0 Å². The smallest absolute Gasteiger partial charge is 0.293 e. The molecule has 0 aromatic heterocycles. The normalized spacial score (nSPS) is 9.90. The Bertz CT molecular complexity index is 562. The molecular formula is C11H13FN4O4. The fraction of sp³-hybridized carbons (Fsp3) is 0.273. The van der Waals surface area contributed by atoms with E-state index in [1.807, 2.05) is 0 Å². The maximum absolute atomic E-state index is 13.6. The van der Waals surface area contributed by atoms with Gasteiger partial charge in [-0.05, 0) is 6.07 Å². The lowest BCUT2D eigenvalue weighted by molar-refractivity contribution is -0.384. The minimum atomic E-state index is -0.967. The Morgan fingerprint density at radius 1 is 1.45 bits per heavy atom. The molecule has 108 valence electrons. The Morgan fingerprint density at radius 2 is 2.10 bits per heavy atom. The number of nitro benzene ring substituents is 1. The molecular weight excluding hydrogens is 271 g/mol. The zero-order valence-electron chi connectivity index (χ0n) is 10.6. The van der Waals surface area contributed by atoms with E-state index in [1.165, 1.54) is 7.05 Å². The summed E-state index contributed by atoms with van der Waals surface area (Å²) >= 11 is 0. The molecule has 0 radical (unpaired) electrons. The summed E-state index contributed by atoms with van der Waals surface area (Å²) in [6.07, 6.45) is -0.00130. The predicted octanol–water partition coefficient (Wildman–Crippen LogP) is 0.182. The molecule has 9 heteroatoms. The van der Waals surface area contributed by atoms with E-state index >= 15 is 0 Å². The number of carbonyl (C=O) groups is 2. The number of nitrogens with two attached hydrogens (primary N) is 1. The van der Waals surface area contributed by atoms with Crippen molar-refractivity contribution in [1.82, 2.24) is 10.6 Å². The van der Waals surface area contributed by atoms with E-state index < -0.39 is 33.6 Å². The molecule has 0 spiro atoms. The number of anilines is 1. The molecule has 0 bridgehead atoms. The van der Waals surface area contributed by atoms with Crippen molar-refractivity contribution >= 4 is 23.2 Å². The molecule has 20 heavy (non-hydrogen) atoms. The van der Waals surface area contributed by atoms with E-state index in [1.54, 1.807) is 0 Å². The van der Waals surface area contributed by atoms with Crippen molar-refractivity contribution in [3.05, 3.63) is 33.6 Å². The first-order valence-electron chi connectivity index (χ1n) is 5.59. The summed E-state index contributed by atoms with van der Waals surface area (Å²) in [6.45, 7) is -0.0416. The van der Waals surface area contributed by atoms with Crippen molar-refractivity contribution in [3.8, 4) is 0 Å². The average Bonchev–Trinajstić information content (AvgIpc) is 2.38. The molecule has 1 rings (SSSR count). The molecule has 0 fully saturated rings. The zero-order chi connectivity index (χ0) is 15.3. The fourth-order valence-electron chi connectivity index (χ4n) is 1.47. The number of nitrogen functional groups attached to an aromatic ring is 1. The second kappa shape index (κ2) is 6.45. The van der Waals surface area contributed by atoms with Crippen LogP contribution in [0.2, 0.25) is 0 Å². The summed E-state index contributed by atoms with van der Waals surface area (Å²) in [5.74, 6) is -2.18. The molecule has 8 nitrogen and oxygen atoms in total. The summed E-state index contributed by atoms with van der Waals surface area (Å²) in [6, 6.07) is 1.67. The predicted molar refractivity (Wildman–Crippen MR) is 68.5 cm³/mol. The number of rotatable bonds is 5. The first-order chi connectivity index (χ1) is 9.38. The van der Waals surface area contributed by atoms with Gasteiger partial charge in [0.05, 0.1) is 4.92 Å². The van der Waals surface area contributed by atoms with Crippen molar-refractivity contribution in [3.63, 3.8) is 0 Å². The average molecular weight is 284 g/mol. The molecule has 1 aromatic carbocycles. The van der Waals surface area contributed by atoms with E-state index in [4.69, 9.17) is 5.73 Å². The van der Waals surface area contributed by atoms with Crippen molar-refractivity contribution < 1.29 is 18.9 Å². The van der Waals surface area contributed by atoms with Gasteiger partial charge < -0.3 is 16.4 Å². The van der Waals surface area contributed by atoms with Gasteiger partial charge in [0.25, 0.3) is 11.6 Å². The molecule has 0 atom stereocenters. The van der Waals surface area contributed by atoms with Crippen molar-refractivity contribution in [2.24, 2.45) is 0 Å². The van der Waals surface area contributed by atoms with Crippen LogP contribution < -0.4 is 16.4 Å². The first kappa shape index (κ1) is 15.3. The quantitative estimate of drug-likeness (QED) is 0.404. The van der Waals surface area contributed by atoms with Gasteiger partial charge in [0.2, 0.25) is 5.91 Å². The van der Waals surface area contributed by atoms with Crippen LogP contribution in [-0.2, 0) is 4.79 Å². The van der Waals surface area contributed by atoms with Crippen molar-refractivity contribution in [1.29, 1.82) is 0 Å². The molecule has 0 aliphatic heterocycles. The van der Waals surface area contributed by atoms with Crippen LogP contribution in [0.4, 0.5) is 15.8 Å². The van der Waals surface area contributed by atoms with Crippen LogP contribution in [0.5, 0.6) is 0 Å². The Balaban J connectivity index is 2.90. The van der Waals surface area contributed by atoms with Gasteiger partial charge in [-0.1, -0.05) is 0 Å². The highest BCUT2D eigenvalue weighted by Crippen LogP contribution is 2.27. The van der Waals surface area contributed by atoms with Crippen molar-refractivity contribution in [2.75, 3.05) is 19.3 Å². The minimum absolute atomic E-state index is 0.00130. The van der Waals surface area contributed by atoms with Crippen LogP contribution in [0.3, 0.4) is 0 Å². The van der Waals surface area contributed by atoms with Crippen molar-refractivity contribution in [2.45, 2.75) is 6.42 Å². The molecule has 0 saturated heterocycles. The monoisotopic (exact) mass is 284 g/mol. The van der Waals surface area contributed by atoms with Crippen LogP contribution in [0, 0.1) is 15.9 Å². The Labute approximate surface area is 113 Å². The van der Waals surface area contributed by atoms with E-state index in [0.717, 1.165) is 12.1 Å². The maximum Gasteiger partial charge on any atom is 0.293 e. The van der Waals surface area contributed by atoms with Gasteiger partial charge in [0, 0.05) is 26.1 Å². The Morgan fingerprint density at radius 3 is 2.65 bits per heavy atom. The number of nitrogens with zero attached hydrogens (tertiary/aromatic N) is 1. The number of amides is 2. The largest absolute Gasteiger partial charge is 0.392 e. The summed E-state index contributed by atoms with van der Waals surface area (Å²) in [4.78, 5) is 32.6. The highest BCUT2D eigenvalue weighted by molar-refractivity contribution is 6.01. The number of hydrogen-bond acceptors (Lipinski definition) is 5. The highest BCUT2D eigenvalue weighted by atomic mass is 19.1. The Hall–Kier alpha value is -2.71. The second-order valence-electron chi connectivity index (χ2n) is 3.79.